The molecule has 0 unspecified atom stereocenters. The van der Waals surface area contributed by atoms with Crippen LogP contribution in [0, 0.1) is 0 Å². The summed E-state index contributed by atoms with van der Waals surface area (Å²) in [6.07, 6.45) is 22.1. The van der Waals surface area contributed by atoms with Gasteiger partial charge in [0.25, 0.3) is 35.4 Å². The molecule has 0 radical (unpaired) electrons. The molecule has 124 heavy (non-hydrogen) atoms. The minimum atomic E-state index is -1.02. The smallest absolute Gasteiger partial charge is 0.335 e. The molecule has 5 heterocycles. The fourth-order valence-electron chi connectivity index (χ4n) is 20.0. The van der Waals surface area contributed by atoms with Crippen molar-refractivity contribution in [2.24, 2.45) is 0 Å². The summed E-state index contributed by atoms with van der Waals surface area (Å²) in [6, 6.07) is 46.7. The Bertz CT molecular complexity index is 6290. The number of carbonyl (C=O) groups is 8. The van der Waals surface area contributed by atoms with Crippen molar-refractivity contribution in [2.45, 2.75) is 227 Å². The van der Waals surface area contributed by atoms with Gasteiger partial charge in [0.1, 0.15) is 29.5 Å². The summed E-state index contributed by atoms with van der Waals surface area (Å²) in [5.74, 6) is -5.36. The van der Waals surface area contributed by atoms with Crippen LogP contribution >= 0.6 is 0 Å². The van der Waals surface area contributed by atoms with Crippen LogP contribution in [0.25, 0.3) is 65.0 Å². The third-order valence-electron chi connectivity index (χ3n) is 26.9. The van der Waals surface area contributed by atoms with E-state index in [1.807, 2.05) is 86.7 Å². The molecule has 11 aromatic carbocycles. The first-order valence-corrected chi connectivity index (χ1v) is 44.8. The van der Waals surface area contributed by atoms with Crippen molar-refractivity contribution in [3.05, 3.63) is 248 Å². The number of unbranched alkanes of at least 4 members (excludes halogenated alkanes) is 15. The van der Waals surface area contributed by atoms with Crippen LogP contribution in [0.3, 0.4) is 0 Å². The number of carboxylic acid groups (broad SMARTS) is 1. The van der Waals surface area contributed by atoms with Crippen LogP contribution in [0.15, 0.2) is 186 Å². The lowest BCUT2D eigenvalue weighted by Gasteiger charge is -2.38. The van der Waals surface area contributed by atoms with Crippen molar-refractivity contribution >= 4 is 118 Å². The van der Waals surface area contributed by atoms with E-state index in [-0.39, 0.29) is 107 Å². The normalized spacial score (nSPS) is 16.7. The topological polar surface area (TPSA) is 214 Å². The molecule has 0 aromatic heterocycles. The number of rotatable bonds is 30. The summed E-state index contributed by atoms with van der Waals surface area (Å²) in [5.41, 5.74) is 7.84. The molecule has 17 heteroatoms. The van der Waals surface area contributed by atoms with Gasteiger partial charge in [-0.1, -0.05) is 232 Å². The van der Waals surface area contributed by atoms with E-state index in [1.54, 1.807) is 30.3 Å². The van der Waals surface area contributed by atoms with Crippen molar-refractivity contribution in [3.8, 4) is 34.1 Å². The zero-order valence-corrected chi connectivity index (χ0v) is 73.6. The lowest BCUT2D eigenvalue weighted by Crippen LogP contribution is -2.58. The van der Waals surface area contributed by atoms with Crippen LogP contribution in [0.1, 0.15) is 300 Å². The number of aromatic carboxylic acids is 1. The number of ketones is 1. The largest absolute Gasteiger partial charge is 0.871 e. The van der Waals surface area contributed by atoms with E-state index in [9.17, 15) is 19.5 Å². The maximum Gasteiger partial charge on any atom is 0.335 e. The summed E-state index contributed by atoms with van der Waals surface area (Å²) in [4.78, 5) is 124. The van der Waals surface area contributed by atoms with Gasteiger partial charge in [-0.2, -0.15) is 14.6 Å². The van der Waals surface area contributed by atoms with E-state index in [0.29, 0.717) is 57.2 Å². The Balaban J connectivity index is 0.800. The van der Waals surface area contributed by atoms with Crippen molar-refractivity contribution in [2.75, 3.05) is 24.5 Å². The molecular formula is C107H109N5O12. The number of carbonyl (C=O) groups excluding carboxylic acids is 7. The maximum atomic E-state index is 16.3. The average molecular weight is 1660 g/mol. The number of hydrogen-bond donors (Lipinski definition) is 1. The van der Waals surface area contributed by atoms with Gasteiger partial charge in [0.05, 0.1) is 33.2 Å². The lowest BCUT2D eigenvalue weighted by molar-refractivity contribution is -0.438. The summed E-state index contributed by atoms with van der Waals surface area (Å²) < 4.78 is 16.7. The Labute approximate surface area is 725 Å². The number of anilines is 1. The second kappa shape index (κ2) is 32.4. The second-order valence-corrected chi connectivity index (χ2v) is 37.8. The molecule has 17 nitrogen and oxygen atoms in total. The molecule has 1 N–H and O–H groups in total. The Morgan fingerprint density at radius 2 is 0.895 bits per heavy atom. The monoisotopic (exact) mass is 1660 g/mol. The molecule has 0 saturated carbocycles. The predicted octanol–water partition coefficient (Wildman–Crippen LogP) is 24.1. The van der Waals surface area contributed by atoms with Crippen LogP contribution in [0.2, 0.25) is 0 Å². The Morgan fingerprint density at radius 1 is 0.435 bits per heavy atom. The number of imide groups is 3. The van der Waals surface area contributed by atoms with E-state index in [0.717, 1.165) is 180 Å². The molecule has 17 rings (SSSR count). The van der Waals surface area contributed by atoms with Crippen LogP contribution < -0.4 is 19.5 Å². The minimum Gasteiger partial charge on any atom is -0.871 e. The fourth-order valence-corrected chi connectivity index (χ4v) is 20.0. The van der Waals surface area contributed by atoms with E-state index in [4.69, 9.17) is 9.47 Å². The number of benzene rings is 11. The molecule has 0 atom stereocenters. The highest BCUT2D eigenvalue weighted by Gasteiger charge is 2.51. The van der Waals surface area contributed by atoms with Gasteiger partial charge in [0, 0.05) is 109 Å². The Hall–Kier alpha value is -12.4. The van der Waals surface area contributed by atoms with Crippen molar-refractivity contribution < 1.29 is 62.6 Å². The van der Waals surface area contributed by atoms with Gasteiger partial charge < -0.3 is 24.6 Å². The molecule has 6 amide bonds. The highest BCUT2D eigenvalue weighted by atomic mass is 16.5. The molecule has 5 aliphatic heterocycles. The number of hydrazine groups is 1. The van der Waals surface area contributed by atoms with Crippen molar-refractivity contribution in [1.29, 1.82) is 0 Å². The summed E-state index contributed by atoms with van der Waals surface area (Å²) >= 11 is 0. The van der Waals surface area contributed by atoms with E-state index < -0.39 is 52.2 Å². The number of allylic oxidation sites excluding steroid dienone is 5. The molecule has 0 bridgehead atoms. The van der Waals surface area contributed by atoms with Crippen molar-refractivity contribution in [3.63, 3.8) is 0 Å². The lowest BCUT2D eigenvalue weighted by atomic mass is 9.77. The average Bonchev–Trinajstić information content (AvgIpc) is 0.825. The van der Waals surface area contributed by atoms with E-state index in [1.165, 1.54) is 35.6 Å². The SMILES string of the molecule is CCCCCCCCN1C(=O)c2ccc3c4c(ccc(c24)C1=O)C(=O)N(N1C(=O)c2cc(Oc4ccc(C(C)(C)C)cc4)c4c5cccc6c(-c7ccc8c(c7)C(C)(C)/C(=C/C7=C([O-])C(=C/C9=[N+](CCCCCCCC)c%10ccc(C(=O)O)cc%10C9(C)C)/C7=O)N8CCCCCCCC)ccc(c7c(Oc8ccc(C(C)(C)C)cc8)cc(c2c47)C1=O)c65)C3=O. The zero-order valence-electron chi connectivity index (χ0n) is 73.6. The molecule has 1 aliphatic carbocycles. The van der Waals surface area contributed by atoms with Gasteiger partial charge in [0.15, 0.2) is 11.5 Å². The first-order valence-electron chi connectivity index (χ1n) is 44.8. The highest BCUT2D eigenvalue weighted by Crippen LogP contribution is 2.56. The number of ether oxygens (including phenoxy) is 2. The summed E-state index contributed by atoms with van der Waals surface area (Å²) in [7, 11) is 0. The first-order chi connectivity index (χ1) is 59.4. The molecule has 0 spiro atoms. The van der Waals surface area contributed by atoms with Gasteiger partial charge in [-0.25, -0.2) is 4.79 Å². The summed E-state index contributed by atoms with van der Waals surface area (Å²) in [5, 5.41) is 31.6. The highest BCUT2D eigenvalue weighted by molar-refractivity contribution is 6.42. The quantitative estimate of drug-likeness (QED) is 0.0111. The van der Waals surface area contributed by atoms with Gasteiger partial charge in [-0.3, -0.25) is 38.5 Å². The van der Waals surface area contributed by atoms with Gasteiger partial charge in [-0.15, -0.1) is 0 Å². The minimum absolute atomic E-state index is 0.0357. The third-order valence-corrected chi connectivity index (χ3v) is 26.9. The summed E-state index contributed by atoms with van der Waals surface area (Å²) in [6.45, 7) is 29.2. The number of Topliss-reactive ketones (excluding diaryl/α,β-unsaturated/α-hetero) is 1. The van der Waals surface area contributed by atoms with Gasteiger partial charge >= 0.3 is 5.97 Å². The Morgan fingerprint density at radius 3 is 1.40 bits per heavy atom. The number of hydrogen-bond acceptors (Lipinski definition) is 12. The van der Waals surface area contributed by atoms with Crippen LogP contribution in [-0.4, -0.2) is 97.1 Å². The molecule has 6 aliphatic rings. The number of carboxylic acids is 1. The van der Waals surface area contributed by atoms with Crippen LogP contribution in [0.5, 0.6) is 23.0 Å². The first kappa shape index (κ1) is 83.9. The van der Waals surface area contributed by atoms with Crippen molar-refractivity contribution in [1.82, 2.24) is 14.9 Å². The molecule has 0 saturated heterocycles. The maximum absolute atomic E-state index is 16.3. The zero-order chi connectivity index (χ0) is 87.5. The molecule has 11 aromatic rings. The molecular weight excluding hydrogens is 1550 g/mol. The van der Waals surface area contributed by atoms with E-state index >= 15 is 29.1 Å². The second-order valence-electron chi connectivity index (χ2n) is 37.8. The molecule has 0 fully saturated rings. The van der Waals surface area contributed by atoms with Crippen LogP contribution in [0.4, 0.5) is 11.4 Å². The van der Waals surface area contributed by atoms with Crippen LogP contribution in [-0.2, 0) is 26.5 Å². The third kappa shape index (κ3) is 14.1. The standard InChI is InChI=1S/C107H109N5O12/c1-14-17-20-23-26-29-53-108-82-51-35-62(56-80(82)106(10,11)86(108)60-78-95(113)79(96(78)114)61-87-107(12,13)81-57-63(103(121)122)36-52-83(81)109(87)54-30-27-24-21-18-15-2)68-45-46-71-88-69(68)33-32-34-70(88)92-84(123-66-41-37-64(38-42-66)104(4,5)6)58-76-91-77(59-85(93(71)94(91)92)124-67-43-39-65(40-44-67)105(7,8)9)102(120)112(101(76)119)111-99(117)74-49-47-72-89-73(48-50-75(90(74)89)100(111)118)98(116)110(97(72)115)55-31-28-25-22-19-16-3/h32-52,56-61H,14-31,53-55H2,1-13H3,(H-,113,114,121,122). The fraction of sp³-hybridized carbons (Fsp3) is 0.355. The number of nitrogens with zero attached hydrogens (tertiary/aromatic N) is 5. The predicted molar refractivity (Wildman–Crippen MR) is 489 cm³/mol. The molecule has 634 valence electrons. The van der Waals surface area contributed by atoms with Gasteiger partial charge in [-0.05, 0) is 184 Å². The number of fused-ring (bicyclic) bond motifs is 4. The van der Waals surface area contributed by atoms with E-state index in [2.05, 4.69) is 122 Å². The number of amides is 6. The Kier molecular flexibility index (Phi) is 21.9. The van der Waals surface area contributed by atoms with Gasteiger partial charge in [0.2, 0.25) is 5.69 Å².